The molecule has 5 rings (SSSR count). The first kappa shape index (κ1) is 30.8. The number of halogens is 2. The number of hydrogen-bond acceptors (Lipinski definition) is 7. The van der Waals surface area contributed by atoms with Gasteiger partial charge in [-0.15, -0.1) is 23.7 Å². The van der Waals surface area contributed by atoms with E-state index in [1.807, 2.05) is 18.3 Å². The molecule has 0 fully saturated rings. The number of nitrogens with two attached hydrogens (primary N) is 1. The van der Waals surface area contributed by atoms with E-state index in [4.69, 9.17) is 10.5 Å². The zero-order valence-electron chi connectivity index (χ0n) is 22.9. The molecule has 216 valence electrons. The number of hydrogen-bond donors (Lipinski definition) is 2. The quantitative estimate of drug-likeness (QED) is 0.154. The van der Waals surface area contributed by atoms with Crippen molar-refractivity contribution in [2.24, 2.45) is 5.73 Å². The standard InChI is InChI=1S/C32H29FN4O3S.ClH/c1-2-11-35-18-22-6-8-26(37-19-22)30-17-27-31(41-30)29(10-12-36-27)40-28-9-7-21(16-25(28)33)15-24(38)14-20-4-3-5-23(13-20)32(34)39;/h3-10,12-13,16-17,19,35H,2,11,14-15,18H2,1H3,(H2,34,39);1H. The first-order chi connectivity index (χ1) is 19.9. The largest absolute Gasteiger partial charge is 0.453 e. The maximum atomic E-state index is 15.1. The Morgan fingerprint density at radius 3 is 2.45 bits per heavy atom. The van der Waals surface area contributed by atoms with E-state index < -0.39 is 11.7 Å². The van der Waals surface area contributed by atoms with Gasteiger partial charge in [-0.05, 0) is 66.1 Å². The van der Waals surface area contributed by atoms with Crippen LogP contribution in [0.2, 0.25) is 0 Å². The summed E-state index contributed by atoms with van der Waals surface area (Å²) in [5, 5.41) is 3.37. The summed E-state index contributed by atoms with van der Waals surface area (Å²) in [5.41, 5.74) is 9.56. The van der Waals surface area contributed by atoms with Crippen LogP contribution in [-0.2, 0) is 24.2 Å². The van der Waals surface area contributed by atoms with Crippen molar-refractivity contribution >= 4 is 45.7 Å². The van der Waals surface area contributed by atoms with Gasteiger partial charge in [0.2, 0.25) is 5.91 Å². The van der Waals surface area contributed by atoms with Crippen LogP contribution < -0.4 is 15.8 Å². The molecule has 3 aromatic heterocycles. The Labute approximate surface area is 253 Å². The topological polar surface area (TPSA) is 107 Å². The van der Waals surface area contributed by atoms with Gasteiger partial charge in [0.25, 0.3) is 0 Å². The Morgan fingerprint density at radius 1 is 0.952 bits per heavy atom. The number of benzene rings is 2. The summed E-state index contributed by atoms with van der Waals surface area (Å²) in [6, 6.07) is 18.8. The molecule has 2 aromatic carbocycles. The number of carbonyl (C=O) groups is 2. The Hall–Kier alpha value is -4.18. The summed E-state index contributed by atoms with van der Waals surface area (Å²) in [7, 11) is 0. The highest BCUT2D eigenvalue weighted by molar-refractivity contribution is 7.22. The van der Waals surface area contributed by atoms with Gasteiger partial charge in [0.15, 0.2) is 11.6 Å². The molecule has 1 amide bonds. The smallest absolute Gasteiger partial charge is 0.248 e. The van der Waals surface area contributed by atoms with E-state index in [-0.39, 0.29) is 36.8 Å². The Kier molecular flexibility index (Phi) is 10.4. The molecule has 0 saturated heterocycles. The SMILES string of the molecule is CCCNCc1ccc(-c2cc3nccc(Oc4ccc(CC(=O)Cc5cccc(C(N)=O)c5)cc4F)c3s2)nc1.Cl. The number of nitrogens with zero attached hydrogens (tertiary/aromatic N) is 2. The molecule has 0 aliphatic carbocycles. The molecular formula is C32H30ClFN4O3S. The molecule has 42 heavy (non-hydrogen) atoms. The van der Waals surface area contributed by atoms with Crippen molar-refractivity contribution in [3.05, 3.63) is 107 Å². The van der Waals surface area contributed by atoms with Crippen molar-refractivity contribution in [3.63, 3.8) is 0 Å². The summed E-state index contributed by atoms with van der Waals surface area (Å²) in [5.74, 6) is -0.686. The van der Waals surface area contributed by atoms with Crippen LogP contribution in [0.5, 0.6) is 11.5 Å². The van der Waals surface area contributed by atoms with Gasteiger partial charge in [-0.25, -0.2) is 4.39 Å². The zero-order valence-corrected chi connectivity index (χ0v) is 24.6. The molecule has 0 bridgehead atoms. The van der Waals surface area contributed by atoms with Crippen LogP contribution in [-0.4, -0.2) is 28.2 Å². The van der Waals surface area contributed by atoms with E-state index in [1.54, 1.807) is 42.6 Å². The summed E-state index contributed by atoms with van der Waals surface area (Å²) in [6.07, 6.45) is 4.74. The van der Waals surface area contributed by atoms with E-state index in [0.29, 0.717) is 22.4 Å². The number of thiophene rings is 1. The first-order valence-corrected chi connectivity index (χ1v) is 14.1. The van der Waals surface area contributed by atoms with E-state index >= 15 is 4.39 Å². The highest BCUT2D eigenvalue weighted by Crippen LogP contribution is 2.39. The maximum Gasteiger partial charge on any atom is 0.248 e. The molecule has 3 heterocycles. The number of aromatic nitrogens is 2. The minimum atomic E-state index is -0.568. The minimum absolute atomic E-state index is 0. The third-order valence-corrected chi connectivity index (χ3v) is 7.60. The summed E-state index contributed by atoms with van der Waals surface area (Å²) >= 11 is 1.48. The third kappa shape index (κ3) is 7.55. The third-order valence-electron chi connectivity index (χ3n) is 6.44. The summed E-state index contributed by atoms with van der Waals surface area (Å²) in [6.45, 7) is 3.87. The lowest BCUT2D eigenvalue weighted by Crippen LogP contribution is -2.13. The minimum Gasteiger partial charge on any atom is -0.453 e. The predicted molar refractivity (Wildman–Crippen MR) is 166 cm³/mol. The fourth-order valence-electron chi connectivity index (χ4n) is 4.41. The number of Topliss-reactive ketones (excluding diaryl/α,β-unsaturated/α-hetero) is 1. The zero-order chi connectivity index (χ0) is 28.8. The number of fused-ring (bicyclic) bond motifs is 1. The Balaban J connectivity index is 0.00000405. The van der Waals surface area contributed by atoms with Gasteiger partial charge < -0.3 is 15.8 Å². The molecule has 0 radical (unpaired) electrons. The number of amides is 1. The van der Waals surface area contributed by atoms with Crippen LogP contribution in [0, 0.1) is 5.82 Å². The van der Waals surface area contributed by atoms with Crippen molar-refractivity contribution in [1.82, 2.24) is 15.3 Å². The van der Waals surface area contributed by atoms with Crippen molar-refractivity contribution in [1.29, 1.82) is 0 Å². The van der Waals surface area contributed by atoms with Gasteiger partial charge in [-0.1, -0.05) is 31.2 Å². The van der Waals surface area contributed by atoms with E-state index in [2.05, 4.69) is 28.3 Å². The van der Waals surface area contributed by atoms with Crippen molar-refractivity contribution in [2.45, 2.75) is 32.7 Å². The molecule has 0 aliphatic heterocycles. The maximum absolute atomic E-state index is 15.1. The highest BCUT2D eigenvalue weighted by Gasteiger charge is 2.15. The second-order valence-electron chi connectivity index (χ2n) is 9.69. The molecule has 10 heteroatoms. The van der Waals surface area contributed by atoms with Gasteiger partial charge in [-0.2, -0.15) is 0 Å². The number of rotatable bonds is 12. The predicted octanol–water partition coefficient (Wildman–Crippen LogP) is 6.66. The Morgan fingerprint density at radius 2 is 1.74 bits per heavy atom. The molecule has 3 N–H and O–H groups in total. The van der Waals surface area contributed by atoms with E-state index in [0.717, 1.165) is 45.9 Å². The lowest BCUT2D eigenvalue weighted by Gasteiger charge is -2.09. The van der Waals surface area contributed by atoms with Crippen LogP contribution >= 0.6 is 23.7 Å². The average Bonchev–Trinajstić information content (AvgIpc) is 3.40. The number of pyridine rings is 2. The fourth-order valence-corrected chi connectivity index (χ4v) is 5.46. The first-order valence-electron chi connectivity index (χ1n) is 13.3. The van der Waals surface area contributed by atoms with Crippen LogP contribution in [0.25, 0.3) is 20.8 Å². The van der Waals surface area contributed by atoms with Crippen LogP contribution in [0.15, 0.2) is 79.1 Å². The molecule has 0 atom stereocenters. The molecule has 0 spiro atoms. The van der Waals surface area contributed by atoms with Crippen molar-refractivity contribution in [3.8, 4) is 22.1 Å². The fraction of sp³-hybridized carbons (Fsp3) is 0.188. The van der Waals surface area contributed by atoms with Crippen molar-refractivity contribution < 1.29 is 18.7 Å². The normalized spacial score (nSPS) is 10.8. The second kappa shape index (κ2) is 14.1. The lowest BCUT2D eigenvalue weighted by molar-refractivity contribution is -0.117. The molecular weight excluding hydrogens is 575 g/mol. The Bertz CT molecular complexity index is 1710. The van der Waals surface area contributed by atoms with E-state index in [9.17, 15) is 9.59 Å². The lowest BCUT2D eigenvalue weighted by atomic mass is 10.0. The van der Waals surface area contributed by atoms with Gasteiger partial charge in [0.05, 0.1) is 20.8 Å². The average molecular weight is 605 g/mol. The molecule has 0 aliphatic rings. The number of ketones is 1. The molecule has 0 saturated carbocycles. The number of primary amides is 1. The highest BCUT2D eigenvalue weighted by atomic mass is 35.5. The van der Waals surface area contributed by atoms with Crippen LogP contribution in [0.3, 0.4) is 0 Å². The van der Waals surface area contributed by atoms with Crippen molar-refractivity contribution in [2.75, 3.05) is 6.54 Å². The van der Waals surface area contributed by atoms with E-state index in [1.165, 1.54) is 23.5 Å². The molecule has 0 unspecified atom stereocenters. The summed E-state index contributed by atoms with van der Waals surface area (Å²) in [4.78, 5) is 34.0. The molecule has 5 aromatic rings. The summed E-state index contributed by atoms with van der Waals surface area (Å²) < 4.78 is 21.8. The van der Waals surface area contributed by atoms with Gasteiger partial charge >= 0.3 is 0 Å². The molecule has 7 nitrogen and oxygen atoms in total. The van der Waals surface area contributed by atoms with Crippen LogP contribution in [0.4, 0.5) is 4.39 Å². The van der Waals surface area contributed by atoms with Crippen LogP contribution in [0.1, 0.15) is 40.4 Å². The van der Waals surface area contributed by atoms with Gasteiger partial charge in [0.1, 0.15) is 11.5 Å². The van der Waals surface area contributed by atoms with Gasteiger partial charge in [0, 0.05) is 43.4 Å². The number of nitrogens with one attached hydrogen (secondary N) is 1. The number of ether oxygens (including phenoxy) is 1. The second-order valence-corrected chi connectivity index (χ2v) is 10.7. The number of carbonyl (C=O) groups excluding carboxylic acids is 2. The van der Waals surface area contributed by atoms with Gasteiger partial charge in [-0.3, -0.25) is 19.6 Å². The monoisotopic (exact) mass is 604 g/mol.